The first kappa shape index (κ1) is 26.1. The Labute approximate surface area is 247 Å². The second-order valence-electron chi connectivity index (χ2n) is 7.01. The first-order valence-electron chi connectivity index (χ1n) is 10.0. The van der Waals surface area contributed by atoms with Crippen LogP contribution < -0.4 is 9.47 Å². The lowest BCUT2D eigenvalue weighted by Gasteiger charge is -2.11. The van der Waals surface area contributed by atoms with Crippen molar-refractivity contribution in [2.75, 3.05) is 6.61 Å². The first-order chi connectivity index (χ1) is 16.4. The summed E-state index contributed by atoms with van der Waals surface area (Å²) >= 11 is 12.7. The molecule has 0 saturated heterocycles. The number of esters is 1. The van der Waals surface area contributed by atoms with Crippen LogP contribution in [0.4, 0.5) is 0 Å². The van der Waals surface area contributed by atoms with Gasteiger partial charge in [0, 0.05) is 8.59 Å². The summed E-state index contributed by atoms with van der Waals surface area (Å²) in [5.74, 6) is 0.743. The Hall–Kier alpha value is -1.02. The van der Waals surface area contributed by atoms with E-state index in [1.807, 2.05) is 66.7 Å². The number of carbonyl (C=O) groups excluding carboxylic acids is 1. The zero-order valence-corrected chi connectivity index (χ0v) is 25.6. The molecular weight excluding hydrogens is 809 g/mol. The Bertz CT molecular complexity index is 1260. The molecule has 1 unspecified atom stereocenters. The molecule has 0 fully saturated rings. The van der Waals surface area contributed by atoms with E-state index < -0.39 is 5.97 Å². The molecule has 3 nitrogen and oxygen atoms in total. The van der Waals surface area contributed by atoms with Crippen molar-refractivity contribution in [3.63, 3.8) is 0 Å². The largest absolute Gasteiger partial charge is 0.482 e. The Kier molecular flexibility index (Phi) is 9.42. The van der Waals surface area contributed by atoms with Gasteiger partial charge in [-0.2, -0.15) is 0 Å². The molecule has 0 saturated carbocycles. The van der Waals surface area contributed by atoms with E-state index >= 15 is 0 Å². The molecule has 4 aromatic carbocycles. The molecule has 0 radical (unpaired) electrons. The lowest BCUT2D eigenvalue weighted by molar-refractivity contribution is -0.136. The Morgan fingerprint density at radius 2 is 1.29 bits per heavy atom. The molecule has 0 aliphatic carbocycles. The van der Waals surface area contributed by atoms with Crippen LogP contribution in [0.5, 0.6) is 11.5 Å². The average molecular weight is 826 g/mol. The Morgan fingerprint density at radius 1 is 0.765 bits per heavy atom. The van der Waals surface area contributed by atoms with Crippen LogP contribution in [0, 0.1) is 10.7 Å². The monoisotopic (exact) mass is 825 g/mol. The molecule has 1 atom stereocenters. The molecule has 0 spiro atoms. The van der Waals surface area contributed by atoms with Gasteiger partial charge in [-0.05, 0) is 141 Å². The van der Waals surface area contributed by atoms with Gasteiger partial charge in [0.05, 0.1) is 18.0 Å². The number of rotatable bonds is 7. The maximum atomic E-state index is 12.4. The smallest absolute Gasteiger partial charge is 0.349 e. The topological polar surface area (TPSA) is 35.5 Å². The normalized spacial score (nSPS) is 11.6. The van der Waals surface area contributed by atoms with Gasteiger partial charge in [0.25, 0.3) is 0 Å². The molecule has 0 aliphatic rings. The molecule has 0 N–H and O–H groups in total. The minimum atomic E-state index is -0.439. The van der Waals surface area contributed by atoms with Gasteiger partial charge in [-0.1, -0.05) is 29.8 Å². The van der Waals surface area contributed by atoms with Crippen molar-refractivity contribution in [2.24, 2.45) is 0 Å². The first-order valence-corrected chi connectivity index (χ1v) is 14.9. The summed E-state index contributed by atoms with van der Waals surface area (Å²) in [5.41, 5.74) is 0. The van der Waals surface area contributed by atoms with Gasteiger partial charge >= 0.3 is 5.97 Å². The molecule has 0 heterocycles. The highest BCUT2D eigenvalue weighted by atomic mass is 127. The van der Waals surface area contributed by atoms with Crippen molar-refractivity contribution in [1.82, 2.24) is 0 Å². The number of benzene rings is 4. The lowest BCUT2D eigenvalue weighted by atomic mass is 10.3. The summed E-state index contributed by atoms with van der Waals surface area (Å²) in [7, 11) is -0.286. The third-order valence-electron chi connectivity index (χ3n) is 4.62. The van der Waals surface area contributed by atoms with E-state index in [9.17, 15) is 4.79 Å². The zero-order chi connectivity index (χ0) is 24.1. The van der Waals surface area contributed by atoms with Crippen LogP contribution in [0.2, 0.25) is 5.02 Å². The summed E-state index contributed by atoms with van der Waals surface area (Å²) in [5, 5.41) is 0.714. The average Bonchev–Trinajstić information content (AvgIpc) is 2.83. The van der Waals surface area contributed by atoms with E-state index in [0.717, 1.165) is 15.6 Å². The SMILES string of the molecule is O=C(COc1ccc([S+](c2ccccc2)c2ccc(Cl)cc2)cc1)Oc1c(I)cc(I)cc1I. The van der Waals surface area contributed by atoms with Gasteiger partial charge < -0.3 is 9.47 Å². The molecule has 8 heteroatoms. The number of hydrogen-bond acceptors (Lipinski definition) is 3. The molecule has 34 heavy (non-hydrogen) atoms. The Balaban J connectivity index is 1.47. The van der Waals surface area contributed by atoms with Crippen LogP contribution in [0.1, 0.15) is 0 Å². The predicted molar refractivity (Wildman–Crippen MR) is 162 cm³/mol. The second-order valence-corrected chi connectivity index (χ2v) is 13.0. The van der Waals surface area contributed by atoms with E-state index in [-0.39, 0.29) is 17.5 Å². The van der Waals surface area contributed by atoms with Crippen LogP contribution in [0.25, 0.3) is 0 Å². The number of ether oxygens (including phenoxy) is 2. The van der Waals surface area contributed by atoms with Crippen LogP contribution >= 0.6 is 79.4 Å². The fourth-order valence-electron chi connectivity index (χ4n) is 3.12. The minimum absolute atomic E-state index is 0.168. The third kappa shape index (κ3) is 6.80. The summed E-state index contributed by atoms with van der Waals surface area (Å²) in [6.07, 6.45) is 0. The predicted octanol–water partition coefficient (Wildman–Crippen LogP) is 8.23. The quantitative estimate of drug-likeness (QED) is 0.0816. The molecule has 172 valence electrons. The van der Waals surface area contributed by atoms with Gasteiger partial charge in [-0.3, -0.25) is 0 Å². The fraction of sp³-hybridized carbons (Fsp3) is 0.0385. The van der Waals surface area contributed by atoms with Gasteiger partial charge in [0.2, 0.25) is 0 Å². The summed E-state index contributed by atoms with van der Waals surface area (Å²) in [4.78, 5) is 15.9. The second kappa shape index (κ2) is 12.3. The highest BCUT2D eigenvalue weighted by Gasteiger charge is 2.28. The molecule has 0 amide bonds. The van der Waals surface area contributed by atoms with E-state index in [4.69, 9.17) is 21.1 Å². The van der Waals surface area contributed by atoms with E-state index in [1.165, 1.54) is 9.79 Å². The van der Waals surface area contributed by atoms with Crippen molar-refractivity contribution in [2.45, 2.75) is 14.7 Å². The maximum absolute atomic E-state index is 12.4. The third-order valence-corrected chi connectivity index (χ3v) is 9.33. The van der Waals surface area contributed by atoms with Crippen LogP contribution in [0.3, 0.4) is 0 Å². The van der Waals surface area contributed by atoms with E-state index in [0.29, 0.717) is 16.5 Å². The number of carbonyl (C=O) groups is 1. The highest BCUT2D eigenvalue weighted by Crippen LogP contribution is 2.33. The zero-order valence-electron chi connectivity index (χ0n) is 17.5. The lowest BCUT2D eigenvalue weighted by Crippen LogP contribution is -2.18. The molecule has 4 rings (SSSR count). The molecular formula is C26H17ClI3O3S+. The van der Waals surface area contributed by atoms with Gasteiger partial charge in [-0.15, -0.1) is 0 Å². The van der Waals surface area contributed by atoms with E-state index in [1.54, 1.807) is 0 Å². The fourth-order valence-corrected chi connectivity index (χ4v) is 9.11. The van der Waals surface area contributed by atoms with Crippen molar-refractivity contribution in [3.8, 4) is 11.5 Å². The highest BCUT2D eigenvalue weighted by molar-refractivity contribution is 14.1. The van der Waals surface area contributed by atoms with E-state index in [2.05, 4.69) is 92.0 Å². The summed E-state index contributed by atoms with van der Waals surface area (Å²) in [6, 6.07) is 30.1. The maximum Gasteiger partial charge on any atom is 0.349 e. The van der Waals surface area contributed by atoms with Crippen molar-refractivity contribution in [1.29, 1.82) is 0 Å². The van der Waals surface area contributed by atoms with Gasteiger partial charge in [0.15, 0.2) is 27.0 Å². The van der Waals surface area contributed by atoms with Crippen molar-refractivity contribution < 1.29 is 14.3 Å². The molecule has 0 aromatic heterocycles. The standard InChI is InChI=1S/C26H17ClI3O3S/c27-17-6-10-21(11-7-17)34(20-4-2-1-3-5-20)22-12-8-19(9-13-22)32-16-25(31)33-26-23(29)14-18(28)15-24(26)30/h1-15H,16H2/q+1. The molecule has 0 aliphatic heterocycles. The molecule has 0 bridgehead atoms. The minimum Gasteiger partial charge on any atom is -0.482 e. The van der Waals surface area contributed by atoms with Crippen LogP contribution in [-0.2, 0) is 15.7 Å². The molecule has 4 aromatic rings. The Morgan fingerprint density at radius 3 is 1.88 bits per heavy atom. The summed E-state index contributed by atoms with van der Waals surface area (Å²) in [6.45, 7) is -0.168. The van der Waals surface area contributed by atoms with Crippen LogP contribution in [-0.4, -0.2) is 12.6 Å². The number of hydrogen-bond donors (Lipinski definition) is 0. The number of halogens is 4. The van der Waals surface area contributed by atoms with Gasteiger partial charge in [0.1, 0.15) is 5.75 Å². The van der Waals surface area contributed by atoms with Crippen molar-refractivity contribution in [3.05, 3.63) is 107 Å². The van der Waals surface area contributed by atoms with Crippen molar-refractivity contribution >= 4 is 96.2 Å². The van der Waals surface area contributed by atoms with Crippen LogP contribution in [0.15, 0.2) is 106 Å². The van der Waals surface area contributed by atoms with Gasteiger partial charge in [-0.25, -0.2) is 4.79 Å². The summed E-state index contributed by atoms with van der Waals surface area (Å²) < 4.78 is 14.1.